The molecule has 0 spiro atoms. The summed E-state index contributed by atoms with van der Waals surface area (Å²) in [6.45, 7) is 0.0954. The molecule has 0 bridgehead atoms. The number of carbonyl (C=O) groups excluding carboxylic acids is 2. The van der Waals surface area contributed by atoms with Crippen LogP contribution in [0.3, 0.4) is 0 Å². The molecular weight excluding hydrogens is 456 g/mol. The van der Waals surface area contributed by atoms with E-state index in [0.717, 1.165) is 0 Å². The van der Waals surface area contributed by atoms with Crippen LogP contribution in [0.15, 0.2) is 88.7 Å². The van der Waals surface area contributed by atoms with Crippen LogP contribution in [0.4, 0.5) is 0 Å². The lowest BCUT2D eigenvalue weighted by Crippen LogP contribution is -2.31. The number of furan rings is 1. The maximum Gasteiger partial charge on any atom is 0.290 e. The molecule has 2 aromatic carbocycles. The minimum absolute atomic E-state index is 0.000742. The van der Waals surface area contributed by atoms with Gasteiger partial charge < -0.3 is 19.2 Å². The van der Waals surface area contributed by atoms with E-state index in [2.05, 4.69) is 4.98 Å². The van der Waals surface area contributed by atoms with Crippen LogP contribution >= 0.6 is 11.6 Å². The van der Waals surface area contributed by atoms with E-state index in [1.165, 1.54) is 12.0 Å². The molecule has 34 heavy (non-hydrogen) atoms. The van der Waals surface area contributed by atoms with Crippen LogP contribution < -0.4 is 4.74 Å². The largest absolute Gasteiger partial charge is 0.503 e. The molecule has 0 fully saturated rings. The number of methoxy groups -OCH3 is 1. The third kappa shape index (κ3) is 3.80. The van der Waals surface area contributed by atoms with Gasteiger partial charge in [0.15, 0.2) is 11.5 Å². The number of carbonyl (C=O) groups is 2. The number of benzene rings is 2. The van der Waals surface area contributed by atoms with Crippen molar-refractivity contribution in [2.24, 2.45) is 0 Å². The second-order valence-electron chi connectivity index (χ2n) is 7.82. The molecule has 1 aliphatic rings. The summed E-state index contributed by atoms with van der Waals surface area (Å²) in [6, 6.07) is 18.1. The zero-order chi connectivity index (χ0) is 23.8. The third-order valence-corrected chi connectivity index (χ3v) is 5.95. The fourth-order valence-electron chi connectivity index (χ4n) is 4.13. The normalized spacial score (nSPS) is 15.9. The molecule has 0 saturated heterocycles. The van der Waals surface area contributed by atoms with Gasteiger partial charge in [-0.3, -0.25) is 14.6 Å². The smallest absolute Gasteiger partial charge is 0.290 e. The Bertz CT molecular complexity index is 1440. The molecule has 1 amide bonds. The average Bonchev–Trinajstić information content (AvgIpc) is 3.38. The number of pyridine rings is 1. The van der Waals surface area contributed by atoms with E-state index < -0.39 is 23.5 Å². The number of hydrogen-bond donors (Lipinski definition) is 1. The summed E-state index contributed by atoms with van der Waals surface area (Å²) in [6.07, 6.45) is 1.62. The van der Waals surface area contributed by atoms with Crippen molar-refractivity contribution in [3.8, 4) is 5.75 Å². The highest BCUT2D eigenvalue weighted by Crippen LogP contribution is 2.41. The maximum absolute atomic E-state index is 13.6. The van der Waals surface area contributed by atoms with Gasteiger partial charge in [0.05, 0.1) is 31.0 Å². The number of ether oxygens (including phenoxy) is 1. The first kappa shape index (κ1) is 21.7. The van der Waals surface area contributed by atoms with Gasteiger partial charge in [-0.25, -0.2) is 0 Å². The molecule has 0 radical (unpaired) electrons. The lowest BCUT2D eigenvalue weighted by Gasteiger charge is -2.26. The summed E-state index contributed by atoms with van der Waals surface area (Å²) in [5.41, 5.74) is 1.62. The van der Waals surface area contributed by atoms with E-state index in [1.807, 2.05) is 6.07 Å². The number of ketones is 1. The first-order valence-electron chi connectivity index (χ1n) is 10.5. The molecule has 170 valence electrons. The number of nitrogens with zero attached hydrogens (tertiary/aromatic N) is 2. The molecule has 0 saturated carbocycles. The van der Waals surface area contributed by atoms with Gasteiger partial charge in [-0.2, -0.15) is 0 Å². The molecule has 1 N–H and O–H groups in total. The highest BCUT2D eigenvalue weighted by molar-refractivity contribution is 6.31. The van der Waals surface area contributed by atoms with E-state index >= 15 is 0 Å². The van der Waals surface area contributed by atoms with Gasteiger partial charge in [-0.15, -0.1) is 0 Å². The van der Waals surface area contributed by atoms with Crippen LogP contribution in [0.5, 0.6) is 5.75 Å². The highest BCUT2D eigenvalue weighted by Gasteiger charge is 2.44. The van der Waals surface area contributed by atoms with Crippen molar-refractivity contribution in [2.45, 2.75) is 12.6 Å². The molecule has 8 heteroatoms. The summed E-state index contributed by atoms with van der Waals surface area (Å²) in [4.78, 5) is 32.5. The third-order valence-electron chi connectivity index (χ3n) is 5.72. The molecule has 7 nitrogen and oxygen atoms in total. The van der Waals surface area contributed by atoms with Crippen molar-refractivity contribution in [1.29, 1.82) is 0 Å². The summed E-state index contributed by atoms with van der Waals surface area (Å²) < 4.78 is 11.1. The van der Waals surface area contributed by atoms with Crippen molar-refractivity contribution in [3.63, 3.8) is 0 Å². The average molecular weight is 475 g/mol. The van der Waals surface area contributed by atoms with Crippen molar-refractivity contribution < 1.29 is 23.8 Å². The second-order valence-corrected chi connectivity index (χ2v) is 8.25. The Morgan fingerprint density at radius 3 is 2.76 bits per heavy atom. The van der Waals surface area contributed by atoms with Gasteiger partial charge in [0, 0.05) is 16.6 Å². The maximum atomic E-state index is 13.6. The number of hydrogen-bond acceptors (Lipinski definition) is 6. The van der Waals surface area contributed by atoms with Crippen molar-refractivity contribution in [2.75, 3.05) is 7.11 Å². The van der Waals surface area contributed by atoms with Gasteiger partial charge in [-0.05, 0) is 54.1 Å². The van der Waals surface area contributed by atoms with E-state index in [-0.39, 0.29) is 17.9 Å². The first-order valence-corrected chi connectivity index (χ1v) is 10.9. The summed E-state index contributed by atoms with van der Waals surface area (Å²) in [5.74, 6) is -1.32. The van der Waals surface area contributed by atoms with E-state index in [4.69, 9.17) is 20.8 Å². The van der Waals surface area contributed by atoms with Crippen LogP contribution in [-0.4, -0.2) is 33.8 Å². The zero-order valence-corrected chi connectivity index (χ0v) is 18.8. The van der Waals surface area contributed by atoms with Crippen LogP contribution in [0.2, 0.25) is 5.02 Å². The summed E-state index contributed by atoms with van der Waals surface area (Å²) in [5, 5.41) is 12.0. The van der Waals surface area contributed by atoms with Gasteiger partial charge >= 0.3 is 0 Å². The number of amides is 1. The molecule has 2 aromatic heterocycles. The predicted octanol–water partition coefficient (Wildman–Crippen LogP) is 5.27. The minimum atomic E-state index is -0.867. The topological polar surface area (TPSA) is 92.9 Å². The number of halogens is 1. The predicted molar refractivity (Wildman–Crippen MR) is 126 cm³/mol. The Morgan fingerprint density at radius 1 is 1.15 bits per heavy atom. The molecule has 3 heterocycles. The number of aliphatic hydroxyl groups excluding tert-OH is 1. The molecular formula is C26H19ClN2O5. The van der Waals surface area contributed by atoms with Gasteiger partial charge in [0.25, 0.3) is 5.91 Å². The lowest BCUT2D eigenvalue weighted by molar-refractivity contribution is -0.130. The van der Waals surface area contributed by atoms with Crippen LogP contribution in [0, 0.1) is 0 Å². The molecule has 1 aliphatic heterocycles. The Morgan fingerprint density at radius 2 is 2.00 bits per heavy atom. The van der Waals surface area contributed by atoms with Crippen molar-refractivity contribution in [1.82, 2.24) is 9.88 Å². The lowest BCUT2D eigenvalue weighted by atomic mass is 9.94. The monoisotopic (exact) mass is 474 g/mol. The Kier molecular flexibility index (Phi) is 5.55. The summed E-state index contributed by atoms with van der Waals surface area (Å²) >= 11 is 6.06. The number of rotatable bonds is 6. The highest BCUT2D eigenvalue weighted by atomic mass is 35.5. The standard InChI is InChI=1S/C26H19ClN2O5/c1-33-19-7-4-5-15(12-19)23-22(24(30)21-13-16-11-17(27)8-9-20(16)34-21)25(31)26(32)29(23)14-18-6-2-3-10-28-18/h2-13,23,31H,14H2,1H3. The first-order chi connectivity index (χ1) is 16.5. The number of Topliss-reactive ketones (excluding diaryl/α,β-unsaturated/α-hetero) is 1. The molecule has 0 aliphatic carbocycles. The molecule has 5 rings (SSSR count). The zero-order valence-electron chi connectivity index (χ0n) is 18.1. The molecule has 1 unspecified atom stereocenters. The second kappa shape index (κ2) is 8.68. The quantitative estimate of drug-likeness (QED) is 0.383. The van der Waals surface area contributed by atoms with Crippen molar-refractivity contribution in [3.05, 3.63) is 106 Å². The Hall–Kier alpha value is -4.10. The van der Waals surface area contributed by atoms with E-state index in [1.54, 1.807) is 66.9 Å². The van der Waals surface area contributed by atoms with Crippen molar-refractivity contribution >= 4 is 34.3 Å². The summed E-state index contributed by atoms with van der Waals surface area (Å²) in [7, 11) is 1.53. The van der Waals surface area contributed by atoms with Crippen LogP contribution in [0.1, 0.15) is 27.9 Å². The molecule has 4 aromatic rings. The number of aromatic nitrogens is 1. The van der Waals surface area contributed by atoms with Gasteiger partial charge in [-0.1, -0.05) is 29.8 Å². The number of aliphatic hydroxyl groups is 1. The SMILES string of the molecule is COc1cccc(C2C(C(=O)c3cc4cc(Cl)ccc4o3)=C(O)C(=O)N2Cc2ccccn2)c1. The Balaban J connectivity index is 1.61. The Labute approximate surface area is 199 Å². The van der Waals surface area contributed by atoms with Crippen LogP contribution in [0.25, 0.3) is 11.0 Å². The van der Waals surface area contributed by atoms with Crippen LogP contribution in [-0.2, 0) is 11.3 Å². The minimum Gasteiger partial charge on any atom is -0.503 e. The van der Waals surface area contributed by atoms with E-state index in [9.17, 15) is 14.7 Å². The van der Waals surface area contributed by atoms with Gasteiger partial charge in [0.1, 0.15) is 11.3 Å². The fourth-order valence-corrected chi connectivity index (χ4v) is 4.31. The van der Waals surface area contributed by atoms with Gasteiger partial charge in [0.2, 0.25) is 5.78 Å². The fraction of sp³-hybridized carbons (Fsp3) is 0.115. The van der Waals surface area contributed by atoms with E-state index in [0.29, 0.717) is 33.0 Å². The molecule has 1 atom stereocenters. The number of fused-ring (bicyclic) bond motifs is 1.